The Labute approximate surface area is 211 Å². The molecule has 0 aromatic heterocycles. The van der Waals surface area contributed by atoms with E-state index in [1.165, 1.54) is 5.56 Å². The molecule has 0 aliphatic carbocycles. The van der Waals surface area contributed by atoms with Gasteiger partial charge in [0.15, 0.2) is 6.29 Å². The highest BCUT2D eigenvalue weighted by Gasteiger charge is 2.13. The third-order valence-corrected chi connectivity index (χ3v) is 5.47. The van der Waals surface area contributed by atoms with Gasteiger partial charge in [-0.15, -0.1) is 0 Å². The monoisotopic (exact) mass is 486 g/mol. The van der Waals surface area contributed by atoms with Crippen LogP contribution in [-0.4, -0.2) is 31.4 Å². The number of ether oxygens (including phenoxy) is 3. The summed E-state index contributed by atoms with van der Waals surface area (Å²) in [6.45, 7) is 6.25. The van der Waals surface area contributed by atoms with E-state index in [0.29, 0.717) is 49.2 Å². The summed E-state index contributed by atoms with van der Waals surface area (Å²) in [7, 11) is 0. The van der Waals surface area contributed by atoms with Gasteiger partial charge in [0.25, 0.3) is 0 Å². The van der Waals surface area contributed by atoms with Crippen LogP contribution in [0.3, 0.4) is 0 Å². The molecule has 0 N–H and O–H groups in total. The Morgan fingerprint density at radius 3 is 2.25 bits per heavy atom. The average molecular weight is 487 g/mol. The number of esters is 2. The lowest BCUT2D eigenvalue weighted by Gasteiger charge is -2.10. The number of hydrogen-bond acceptors (Lipinski definition) is 6. The van der Waals surface area contributed by atoms with Gasteiger partial charge in [0.1, 0.15) is 11.5 Å². The van der Waals surface area contributed by atoms with E-state index < -0.39 is 11.9 Å². The van der Waals surface area contributed by atoms with Gasteiger partial charge < -0.3 is 14.2 Å². The minimum absolute atomic E-state index is 0.207. The van der Waals surface area contributed by atoms with Crippen LogP contribution in [0, 0.1) is 0 Å². The van der Waals surface area contributed by atoms with Crippen LogP contribution in [0.25, 0.3) is 11.1 Å². The number of carbonyl (C=O) groups is 3. The zero-order valence-corrected chi connectivity index (χ0v) is 20.4. The van der Waals surface area contributed by atoms with Crippen molar-refractivity contribution < 1.29 is 28.6 Å². The fraction of sp³-hybridized carbons (Fsp3) is 0.233. The van der Waals surface area contributed by atoms with E-state index in [-0.39, 0.29) is 5.75 Å². The van der Waals surface area contributed by atoms with Crippen LogP contribution in [0.15, 0.2) is 79.4 Å². The summed E-state index contributed by atoms with van der Waals surface area (Å²) < 4.78 is 16.1. The van der Waals surface area contributed by atoms with Gasteiger partial charge in [-0.3, -0.25) is 4.79 Å². The molecule has 0 radical (unpaired) electrons. The first kappa shape index (κ1) is 26.4. The molecule has 0 heterocycles. The van der Waals surface area contributed by atoms with Crippen molar-refractivity contribution in [2.24, 2.45) is 0 Å². The number of hydrogen-bond donors (Lipinski definition) is 0. The van der Waals surface area contributed by atoms with Gasteiger partial charge >= 0.3 is 11.9 Å². The summed E-state index contributed by atoms with van der Waals surface area (Å²) in [5, 5.41) is 0. The fourth-order valence-corrected chi connectivity index (χ4v) is 3.54. The second-order valence-electron chi connectivity index (χ2n) is 8.16. The number of rotatable bonds is 13. The van der Waals surface area contributed by atoms with Crippen molar-refractivity contribution in [3.05, 3.63) is 96.1 Å². The Morgan fingerprint density at radius 1 is 0.889 bits per heavy atom. The third kappa shape index (κ3) is 7.67. The second-order valence-corrected chi connectivity index (χ2v) is 8.16. The van der Waals surface area contributed by atoms with Crippen LogP contribution in [0.5, 0.6) is 11.5 Å². The predicted molar refractivity (Wildman–Crippen MR) is 139 cm³/mol. The minimum atomic E-state index is -0.564. The van der Waals surface area contributed by atoms with Crippen molar-refractivity contribution in [2.45, 2.75) is 32.6 Å². The number of carbonyl (C=O) groups excluding carboxylic acids is 3. The van der Waals surface area contributed by atoms with Gasteiger partial charge in [-0.2, -0.15) is 0 Å². The molecule has 0 saturated heterocycles. The van der Waals surface area contributed by atoms with E-state index in [9.17, 15) is 14.4 Å². The van der Waals surface area contributed by atoms with Crippen molar-refractivity contribution in [3.63, 3.8) is 0 Å². The molecule has 0 aliphatic rings. The Balaban J connectivity index is 1.55. The summed E-state index contributed by atoms with van der Waals surface area (Å²) >= 11 is 0. The van der Waals surface area contributed by atoms with Crippen molar-refractivity contribution in [1.82, 2.24) is 0 Å². The lowest BCUT2D eigenvalue weighted by atomic mass is 10.0. The first-order valence-electron chi connectivity index (χ1n) is 12.0. The van der Waals surface area contributed by atoms with E-state index in [0.717, 1.165) is 30.0 Å². The molecule has 0 unspecified atom stereocenters. The van der Waals surface area contributed by atoms with E-state index in [1.807, 2.05) is 18.2 Å². The Hall–Kier alpha value is -4.19. The minimum Gasteiger partial charge on any atom is -0.494 e. The molecule has 0 spiro atoms. The maximum absolute atomic E-state index is 12.6. The van der Waals surface area contributed by atoms with Crippen LogP contribution in [0.4, 0.5) is 0 Å². The van der Waals surface area contributed by atoms with Crippen LogP contribution < -0.4 is 9.47 Å². The molecular formula is C30H30O6. The first-order chi connectivity index (χ1) is 17.5. The van der Waals surface area contributed by atoms with Crippen LogP contribution in [0.1, 0.15) is 52.5 Å². The average Bonchev–Trinajstić information content (AvgIpc) is 2.91. The molecule has 0 atom stereocenters. The quantitative estimate of drug-likeness (QED) is 0.0937. The summed E-state index contributed by atoms with van der Waals surface area (Å²) in [5.41, 5.74) is 3.78. The van der Waals surface area contributed by atoms with Crippen LogP contribution >= 0.6 is 0 Å². The summed E-state index contributed by atoms with van der Waals surface area (Å²) in [4.78, 5) is 35.3. The zero-order chi connectivity index (χ0) is 25.8. The molecule has 36 heavy (non-hydrogen) atoms. The predicted octanol–water partition coefficient (Wildman–Crippen LogP) is 6.23. The molecule has 186 valence electrons. The van der Waals surface area contributed by atoms with Gasteiger partial charge in [-0.05, 0) is 72.4 Å². The molecule has 6 nitrogen and oxygen atoms in total. The largest absolute Gasteiger partial charge is 0.494 e. The lowest BCUT2D eigenvalue weighted by Crippen LogP contribution is -2.10. The molecule has 0 amide bonds. The number of aryl methyl sites for hydroxylation is 1. The van der Waals surface area contributed by atoms with Gasteiger partial charge in [0.05, 0.1) is 24.3 Å². The standard InChI is InChI=1S/C30H30O6/c1-3-7-22-8-10-23(11-9-22)25-14-17-28(26(20-25)21-31)36-30(33)24-12-15-27(16-13-24)34-18-5-6-19-35-29(32)4-2/h4,8-17,20-21H,2-3,5-7,18-19H2,1H3. The van der Waals surface area contributed by atoms with Crippen molar-refractivity contribution in [3.8, 4) is 22.6 Å². The van der Waals surface area contributed by atoms with Gasteiger partial charge in [-0.1, -0.05) is 50.3 Å². The highest BCUT2D eigenvalue weighted by atomic mass is 16.5. The molecular weight excluding hydrogens is 456 g/mol. The molecule has 0 fully saturated rings. The fourth-order valence-electron chi connectivity index (χ4n) is 3.54. The molecule has 3 rings (SSSR count). The van der Waals surface area contributed by atoms with E-state index in [2.05, 4.69) is 25.6 Å². The first-order valence-corrected chi connectivity index (χ1v) is 12.0. The zero-order valence-electron chi connectivity index (χ0n) is 20.4. The lowest BCUT2D eigenvalue weighted by molar-refractivity contribution is -0.137. The smallest absolute Gasteiger partial charge is 0.343 e. The molecule has 3 aromatic rings. The SMILES string of the molecule is C=CC(=O)OCCCCOc1ccc(C(=O)Oc2ccc(-c3ccc(CCC)cc3)cc2C=O)cc1. The Kier molecular flexibility index (Phi) is 10.0. The van der Waals surface area contributed by atoms with Crippen molar-refractivity contribution in [2.75, 3.05) is 13.2 Å². The highest BCUT2D eigenvalue weighted by molar-refractivity contribution is 5.93. The summed E-state index contributed by atoms with van der Waals surface area (Å²) in [6, 6.07) is 20.0. The Morgan fingerprint density at radius 2 is 1.58 bits per heavy atom. The van der Waals surface area contributed by atoms with Gasteiger partial charge in [-0.25, -0.2) is 9.59 Å². The second kappa shape index (κ2) is 13.6. The Bertz CT molecular complexity index is 1180. The normalized spacial score (nSPS) is 10.4. The summed E-state index contributed by atoms with van der Waals surface area (Å²) in [5.74, 6) is -0.187. The number of benzene rings is 3. The topological polar surface area (TPSA) is 78.9 Å². The maximum Gasteiger partial charge on any atom is 0.343 e. The highest BCUT2D eigenvalue weighted by Crippen LogP contribution is 2.27. The molecule has 0 saturated carbocycles. The molecule has 3 aromatic carbocycles. The van der Waals surface area contributed by atoms with E-state index in [1.54, 1.807) is 36.4 Å². The van der Waals surface area contributed by atoms with Crippen molar-refractivity contribution in [1.29, 1.82) is 0 Å². The van der Waals surface area contributed by atoms with E-state index in [4.69, 9.17) is 14.2 Å². The summed E-state index contributed by atoms with van der Waals surface area (Å²) in [6.07, 6.45) is 5.31. The molecule has 6 heteroatoms. The number of unbranched alkanes of at least 4 members (excludes halogenated alkanes) is 1. The van der Waals surface area contributed by atoms with Crippen LogP contribution in [-0.2, 0) is 16.0 Å². The number of aldehydes is 1. The third-order valence-electron chi connectivity index (χ3n) is 5.47. The van der Waals surface area contributed by atoms with Crippen LogP contribution in [0.2, 0.25) is 0 Å². The molecule has 0 bridgehead atoms. The van der Waals surface area contributed by atoms with Gasteiger partial charge in [0, 0.05) is 6.08 Å². The molecule has 0 aliphatic heterocycles. The van der Waals surface area contributed by atoms with E-state index >= 15 is 0 Å². The van der Waals surface area contributed by atoms with Gasteiger partial charge in [0.2, 0.25) is 0 Å². The maximum atomic E-state index is 12.6. The van der Waals surface area contributed by atoms with Crippen molar-refractivity contribution >= 4 is 18.2 Å².